The molecule has 5 heteroatoms. The van der Waals surface area contributed by atoms with Crippen molar-refractivity contribution in [3.8, 4) is 11.5 Å². The maximum Gasteiger partial charge on any atom is 0.164 e. The summed E-state index contributed by atoms with van der Waals surface area (Å²) in [6.45, 7) is 2.38. The molecule has 142 valence electrons. The number of rotatable bonds is 6. The summed E-state index contributed by atoms with van der Waals surface area (Å²) in [5.41, 5.74) is 4.53. The molecule has 0 amide bonds. The first-order chi connectivity index (χ1) is 13.6. The smallest absolute Gasteiger partial charge is 0.164 e. The van der Waals surface area contributed by atoms with Gasteiger partial charge in [0.25, 0.3) is 0 Å². The Hall–Kier alpha value is -3.34. The fourth-order valence-electron chi connectivity index (χ4n) is 3.19. The number of fused-ring (bicyclic) bond motifs is 1. The molecule has 0 unspecified atom stereocenters. The van der Waals surface area contributed by atoms with Crippen LogP contribution in [0.2, 0.25) is 0 Å². The van der Waals surface area contributed by atoms with Gasteiger partial charge >= 0.3 is 0 Å². The van der Waals surface area contributed by atoms with Crippen LogP contribution in [0.3, 0.4) is 0 Å². The van der Waals surface area contributed by atoms with E-state index in [0.29, 0.717) is 30.1 Å². The number of nitrogens with zero attached hydrogens (tertiary/aromatic N) is 1. The average Bonchev–Trinajstić information content (AvgIpc) is 3.12. The molecule has 4 aromatic rings. The van der Waals surface area contributed by atoms with Crippen molar-refractivity contribution in [1.82, 2.24) is 9.97 Å². The maximum absolute atomic E-state index is 14.8. The third-order valence-electron chi connectivity index (χ3n) is 4.77. The summed E-state index contributed by atoms with van der Waals surface area (Å²) in [6, 6.07) is 15.0. The van der Waals surface area contributed by atoms with Crippen LogP contribution in [-0.4, -0.2) is 17.1 Å². The highest BCUT2D eigenvalue weighted by Gasteiger charge is 2.14. The lowest BCUT2D eigenvalue weighted by Gasteiger charge is -2.13. The number of aromatic amines is 1. The summed E-state index contributed by atoms with van der Waals surface area (Å²) in [4.78, 5) is 7.40. The van der Waals surface area contributed by atoms with Gasteiger partial charge in [0.15, 0.2) is 11.5 Å². The molecule has 4 nitrogen and oxygen atoms in total. The Morgan fingerprint density at radius 1 is 1.04 bits per heavy atom. The van der Waals surface area contributed by atoms with E-state index in [4.69, 9.17) is 9.47 Å². The number of aryl methyl sites for hydroxylation is 1. The van der Waals surface area contributed by atoms with E-state index in [1.165, 1.54) is 11.6 Å². The van der Waals surface area contributed by atoms with Crippen molar-refractivity contribution in [3.05, 3.63) is 89.0 Å². The molecule has 0 saturated carbocycles. The normalized spacial score (nSPS) is 11.0. The van der Waals surface area contributed by atoms with Gasteiger partial charge in [-0.1, -0.05) is 29.8 Å². The fourth-order valence-corrected chi connectivity index (χ4v) is 3.19. The number of halogens is 1. The molecular weight excluding hydrogens is 355 g/mol. The Labute approximate surface area is 163 Å². The first kappa shape index (κ1) is 18.0. The van der Waals surface area contributed by atoms with E-state index in [9.17, 15) is 4.39 Å². The van der Waals surface area contributed by atoms with Crippen LogP contribution in [-0.2, 0) is 13.0 Å². The summed E-state index contributed by atoms with van der Waals surface area (Å²) < 4.78 is 26.0. The molecule has 0 aliphatic heterocycles. The highest BCUT2D eigenvalue weighted by atomic mass is 19.1. The molecular formula is C23H21FN2O2. The van der Waals surface area contributed by atoms with E-state index in [2.05, 4.69) is 9.97 Å². The predicted molar refractivity (Wildman–Crippen MR) is 107 cm³/mol. The quantitative estimate of drug-likeness (QED) is 0.504. The Balaban J connectivity index is 1.57. The van der Waals surface area contributed by atoms with E-state index in [1.807, 2.05) is 49.5 Å². The van der Waals surface area contributed by atoms with Crippen molar-refractivity contribution < 1.29 is 13.9 Å². The molecule has 4 rings (SSSR count). The number of ether oxygens (including phenoxy) is 2. The highest BCUT2D eigenvalue weighted by Crippen LogP contribution is 2.32. The van der Waals surface area contributed by atoms with Gasteiger partial charge in [0, 0.05) is 30.3 Å². The van der Waals surface area contributed by atoms with Crippen LogP contribution >= 0.6 is 0 Å². The minimum absolute atomic E-state index is 0.321. The van der Waals surface area contributed by atoms with Crippen molar-refractivity contribution in [2.45, 2.75) is 20.0 Å². The van der Waals surface area contributed by atoms with Crippen LogP contribution in [0.4, 0.5) is 4.39 Å². The molecule has 0 radical (unpaired) electrons. The van der Waals surface area contributed by atoms with Gasteiger partial charge in [-0.3, -0.25) is 0 Å². The van der Waals surface area contributed by atoms with E-state index < -0.39 is 0 Å². The number of pyridine rings is 1. The van der Waals surface area contributed by atoms with Crippen LogP contribution in [0.15, 0.2) is 60.9 Å². The van der Waals surface area contributed by atoms with Gasteiger partial charge in [-0.25, -0.2) is 9.37 Å². The SMILES string of the molecule is COc1cc(Cc2c[nH]c3ncccc23)c(F)cc1OCc1ccc(C)cc1. The zero-order valence-corrected chi connectivity index (χ0v) is 15.8. The van der Waals surface area contributed by atoms with E-state index in [1.54, 1.807) is 19.4 Å². The van der Waals surface area contributed by atoms with E-state index in [-0.39, 0.29) is 5.82 Å². The molecule has 0 aliphatic rings. The Bertz CT molecular complexity index is 1100. The number of benzene rings is 2. The second-order valence-electron chi connectivity index (χ2n) is 6.76. The molecule has 2 aromatic heterocycles. The summed E-state index contributed by atoms with van der Waals surface area (Å²) in [5, 5.41) is 0.987. The number of H-pyrrole nitrogens is 1. The summed E-state index contributed by atoms with van der Waals surface area (Å²) in [6.07, 6.45) is 4.03. The Kier molecular flexibility index (Phi) is 4.98. The summed E-state index contributed by atoms with van der Waals surface area (Å²) in [5.74, 6) is 0.587. The van der Waals surface area contributed by atoms with Crippen molar-refractivity contribution in [2.24, 2.45) is 0 Å². The second kappa shape index (κ2) is 7.72. The first-order valence-electron chi connectivity index (χ1n) is 9.10. The topological polar surface area (TPSA) is 47.1 Å². The number of aromatic nitrogens is 2. The van der Waals surface area contributed by atoms with Crippen LogP contribution in [0.5, 0.6) is 11.5 Å². The standard InChI is InChI=1S/C23H21FN2O2/c1-15-5-7-16(8-6-15)14-28-22-12-20(24)17(11-21(22)27-2)10-18-13-26-23-19(18)4-3-9-25-23/h3-9,11-13H,10,14H2,1-2H3,(H,25,26). The largest absolute Gasteiger partial charge is 0.493 e. The maximum atomic E-state index is 14.8. The molecule has 28 heavy (non-hydrogen) atoms. The first-order valence-corrected chi connectivity index (χ1v) is 9.10. The second-order valence-corrected chi connectivity index (χ2v) is 6.76. The van der Waals surface area contributed by atoms with Gasteiger partial charge in [-0.15, -0.1) is 0 Å². The lowest BCUT2D eigenvalue weighted by molar-refractivity contribution is 0.282. The van der Waals surface area contributed by atoms with Crippen LogP contribution < -0.4 is 9.47 Å². The van der Waals surface area contributed by atoms with Gasteiger partial charge in [0.2, 0.25) is 0 Å². The van der Waals surface area contributed by atoms with Crippen LogP contribution in [0.1, 0.15) is 22.3 Å². The molecule has 2 heterocycles. The highest BCUT2D eigenvalue weighted by molar-refractivity contribution is 5.79. The molecule has 0 fully saturated rings. The Morgan fingerprint density at radius 3 is 2.64 bits per heavy atom. The summed E-state index contributed by atoms with van der Waals surface area (Å²) >= 11 is 0. The fraction of sp³-hybridized carbons (Fsp3) is 0.174. The van der Waals surface area contributed by atoms with E-state index >= 15 is 0 Å². The number of nitrogens with one attached hydrogen (secondary N) is 1. The number of hydrogen-bond acceptors (Lipinski definition) is 3. The van der Waals surface area contributed by atoms with Crippen molar-refractivity contribution >= 4 is 11.0 Å². The lowest BCUT2D eigenvalue weighted by atomic mass is 10.0. The van der Waals surface area contributed by atoms with Gasteiger partial charge in [-0.2, -0.15) is 0 Å². The van der Waals surface area contributed by atoms with Crippen molar-refractivity contribution in [2.75, 3.05) is 7.11 Å². The molecule has 0 bridgehead atoms. The third-order valence-corrected chi connectivity index (χ3v) is 4.77. The average molecular weight is 376 g/mol. The van der Waals surface area contributed by atoms with Gasteiger partial charge in [-0.05, 0) is 41.8 Å². The molecule has 2 aromatic carbocycles. The van der Waals surface area contributed by atoms with Gasteiger partial charge in [0.05, 0.1) is 7.11 Å². The lowest BCUT2D eigenvalue weighted by Crippen LogP contribution is -2.01. The monoisotopic (exact) mass is 376 g/mol. The Morgan fingerprint density at radius 2 is 1.86 bits per heavy atom. The van der Waals surface area contributed by atoms with Gasteiger partial charge in [0.1, 0.15) is 18.1 Å². The van der Waals surface area contributed by atoms with Crippen LogP contribution in [0.25, 0.3) is 11.0 Å². The molecule has 0 spiro atoms. The van der Waals surface area contributed by atoms with Crippen molar-refractivity contribution in [3.63, 3.8) is 0 Å². The minimum Gasteiger partial charge on any atom is -0.493 e. The van der Waals surface area contributed by atoms with Crippen LogP contribution in [0, 0.1) is 12.7 Å². The van der Waals surface area contributed by atoms with Gasteiger partial charge < -0.3 is 14.5 Å². The molecule has 0 saturated heterocycles. The third kappa shape index (κ3) is 3.69. The summed E-state index contributed by atoms with van der Waals surface area (Å²) in [7, 11) is 1.56. The minimum atomic E-state index is -0.321. The predicted octanol–water partition coefficient (Wildman–Crippen LogP) is 5.19. The zero-order valence-electron chi connectivity index (χ0n) is 15.8. The number of hydrogen-bond donors (Lipinski definition) is 1. The molecule has 1 N–H and O–H groups in total. The van der Waals surface area contributed by atoms with E-state index in [0.717, 1.165) is 22.2 Å². The molecule has 0 aliphatic carbocycles. The number of methoxy groups -OCH3 is 1. The zero-order chi connectivity index (χ0) is 19.5. The molecule has 0 atom stereocenters. The van der Waals surface area contributed by atoms with Crippen molar-refractivity contribution in [1.29, 1.82) is 0 Å².